The van der Waals surface area contributed by atoms with Crippen molar-refractivity contribution in [3.05, 3.63) is 22.5 Å². The van der Waals surface area contributed by atoms with Crippen LogP contribution in [0.3, 0.4) is 0 Å². The van der Waals surface area contributed by atoms with Gasteiger partial charge in [0.2, 0.25) is 0 Å². The van der Waals surface area contributed by atoms with Crippen LogP contribution in [0.4, 0.5) is 10.2 Å². The highest BCUT2D eigenvalue weighted by atomic mass is 19.1. The third-order valence-corrected chi connectivity index (χ3v) is 3.23. The first-order valence-corrected chi connectivity index (χ1v) is 6.74. The zero-order valence-corrected chi connectivity index (χ0v) is 12.7. The number of nitrogens with zero attached hydrogens (tertiary/aromatic N) is 2. The monoisotopic (exact) mass is 329 g/mol. The van der Waals surface area contributed by atoms with Crippen LogP contribution in [0, 0.1) is 5.82 Å². The number of hydrogen-bond donors (Lipinski definition) is 1. The second-order valence-corrected chi connectivity index (χ2v) is 5.04. The van der Waals surface area contributed by atoms with E-state index < -0.39 is 53.8 Å². The third-order valence-electron chi connectivity index (χ3n) is 3.23. The molecule has 1 aliphatic heterocycles. The van der Waals surface area contributed by atoms with Gasteiger partial charge in [-0.15, -0.1) is 0 Å². The van der Waals surface area contributed by atoms with E-state index in [2.05, 4.69) is 4.98 Å². The molecule has 0 spiro atoms. The molecule has 10 heteroatoms. The molecular weight excluding hydrogens is 313 g/mol. The highest BCUT2D eigenvalue weighted by Crippen LogP contribution is 2.33. The highest BCUT2D eigenvalue weighted by Gasteiger charge is 2.48. The van der Waals surface area contributed by atoms with Crippen molar-refractivity contribution in [2.75, 3.05) is 5.73 Å². The fourth-order valence-electron chi connectivity index (χ4n) is 2.34. The molecule has 1 fully saturated rings. The summed E-state index contributed by atoms with van der Waals surface area (Å²) in [6, 6.07) is 0. The maximum atomic E-state index is 13.6. The molecule has 0 aromatic carbocycles. The second-order valence-electron chi connectivity index (χ2n) is 5.04. The van der Waals surface area contributed by atoms with E-state index in [4.69, 9.17) is 19.9 Å². The zero-order chi connectivity index (χ0) is 17.3. The maximum absolute atomic E-state index is 13.6. The molecule has 126 valence electrons. The summed E-state index contributed by atoms with van der Waals surface area (Å²) in [5, 5.41) is 0. The van der Waals surface area contributed by atoms with Gasteiger partial charge in [0.25, 0.3) is 0 Å². The molecule has 1 aromatic rings. The van der Waals surface area contributed by atoms with Gasteiger partial charge < -0.3 is 19.9 Å². The summed E-state index contributed by atoms with van der Waals surface area (Å²) < 4.78 is 30.1. The predicted molar refractivity (Wildman–Crippen MR) is 73.6 cm³/mol. The van der Waals surface area contributed by atoms with Gasteiger partial charge in [0, 0.05) is 13.8 Å². The summed E-state index contributed by atoms with van der Waals surface area (Å²) in [5.74, 6) is -2.78. The van der Waals surface area contributed by atoms with Crippen LogP contribution in [0.25, 0.3) is 0 Å². The van der Waals surface area contributed by atoms with Crippen LogP contribution >= 0.6 is 0 Å². The number of halogens is 1. The fraction of sp³-hybridized carbons (Fsp3) is 0.538. The minimum atomic E-state index is -1.20. The van der Waals surface area contributed by atoms with Crippen molar-refractivity contribution in [1.82, 2.24) is 9.55 Å². The smallest absolute Gasteiger partial charge is 0.351 e. The summed E-state index contributed by atoms with van der Waals surface area (Å²) in [4.78, 5) is 37.8. The minimum Gasteiger partial charge on any atom is -0.456 e. The summed E-state index contributed by atoms with van der Waals surface area (Å²) in [7, 11) is 0. The van der Waals surface area contributed by atoms with Crippen LogP contribution in [0.15, 0.2) is 11.0 Å². The van der Waals surface area contributed by atoms with Gasteiger partial charge in [-0.25, -0.2) is 9.18 Å². The average Bonchev–Trinajstić information content (AvgIpc) is 2.70. The number of rotatable bonds is 3. The number of aromatic nitrogens is 2. The first kappa shape index (κ1) is 16.9. The van der Waals surface area contributed by atoms with Gasteiger partial charge in [-0.05, 0) is 6.92 Å². The van der Waals surface area contributed by atoms with Gasteiger partial charge in [0.05, 0.1) is 12.3 Å². The molecule has 1 saturated heterocycles. The van der Waals surface area contributed by atoms with Crippen LogP contribution in [0.5, 0.6) is 0 Å². The Bertz CT molecular complexity index is 691. The van der Waals surface area contributed by atoms with Crippen molar-refractivity contribution in [3.8, 4) is 0 Å². The molecule has 0 unspecified atom stereocenters. The number of ether oxygens (including phenoxy) is 3. The lowest BCUT2D eigenvalue weighted by Crippen LogP contribution is -2.40. The molecule has 2 rings (SSSR count). The lowest BCUT2D eigenvalue weighted by atomic mass is 10.1. The standard InChI is InChI=1S/C13H16FN3O6/c1-5-9(22-6(2)18)10(23-7(3)19)12(21-5)17-4-8(14)11(15)16-13(17)20/h4-5,9-10,12H,1-3H3,(H2,15,16,20)/t5-,9+,10-,12-/m1/s1. The fourth-order valence-corrected chi connectivity index (χ4v) is 2.34. The molecule has 0 radical (unpaired) electrons. The maximum Gasteiger partial charge on any atom is 0.351 e. The molecular formula is C13H16FN3O6. The van der Waals surface area contributed by atoms with E-state index in [0.29, 0.717) is 0 Å². The predicted octanol–water partition coefficient (Wildman–Crippen LogP) is -0.255. The van der Waals surface area contributed by atoms with E-state index in [1.807, 2.05) is 0 Å². The van der Waals surface area contributed by atoms with Crippen LogP contribution < -0.4 is 11.4 Å². The summed E-state index contributed by atoms with van der Waals surface area (Å²) in [5.41, 5.74) is 4.34. The summed E-state index contributed by atoms with van der Waals surface area (Å²) >= 11 is 0. The van der Waals surface area contributed by atoms with E-state index in [-0.39, 0.29) is 0 Å². The van der Waals surface area contributed by atoms with Crippen molar-refractivity contribution >= 4 is 17.8 Å². The van der Waals surface area contributed by atoms with Crippen LogP contribution in [0.2, 0.25) is 0 Å². The molecule has 0 amide bonds. The molecule has 0 bridgehead atoms. The highest BCUT2D eigenvalue weighted by molar-refractivity contribution is 5.67. The Hall–Kier alpha value is -2.49. The Morgan fingerprint density at radius 2 is 1.87 bits per heavy atom. The van der Waals surface area contributed by atoms with Crippen LogP contribution in [-0.4, -0.2) is 39.8 Å². The Kier molecular flexibility index (Phi) is 4.64. The normalized spacial score (nSPS) is 26.8. The molecule has 4 atom stereocenters. The van der Waals surface area contributed by atoms with Crippen molar-refractivity contribution in [2.24, 2.45) is 0 Å². The van der Waals surface area contributed by atoms with E-state index >= 15 is 0 Å². The summed E-state index contributed by atoms with van der Waals surface area (Å²) in [6.45, 7) is 3.90. The quantitative estimate of drug-likeness (QED) is 0.753. The number of carbonyl (C=O) groups excluding carboxylic acids is 2. The molecule has 2 heterocycles. The van der Waals surface area contributed by atoms with Crippen molar-refractivity contribution < 1.29 is 28.2 Å². The number of hydrogen-bond acceptors (Lipinski definition) is 8. The molecule has 0 aliphatic carbocycles. The van der Waals surface area contributed by atoms with E-state index in [1.165, 1.54) is 6.92 Å². The van der Waals surface area contributed by atoms with Crippen LogP contribution in [-0.2, 0) is 23.8 Å². The topological polar surface area (TPSA) is 123 Å². The second kappa shape index (κ2) is 6.32. The zero-order valence-electron chi connectivity index (χ0n) is 12.7. The van der Waals surface area contributed by atoms with Crippen molar-refractivity contribution in [1.29, 1.82) is 0 Å². The molecule has 0 saturated carbocycles. The molecule has 23 heavy (non-hydrogen) atoms. The molecule has 1 aliphatic rings. The summed E-state index contributed by atoms with van der Waals surface area (Å²) in [6.07, 6.45) is -3.17. The lowest BCUT2D eigenvalue weighted by Gasteiger charge is -2.23. The van der Waals surface area contributed by atoms with E-state index in [1.54, 1.807) is 6.92 Å². The Balaban J connectivity index is 2.43. The van der Waals surface area contributed by atoms with Crippen LogP contribution in [0.1, 0.15) is 27.0 Å². The van der Waals surface area contributed by atoms with Gasteiger partial charge in [0.15, 0.2) is 30.1 Å². The number of anilines is 1. The van der Waals surface area contributed by atoms with Gasteiger partial charge in [-0.1, -0.05) is 0 Å². The van der Waals surface area contributed by atoms with Gasteiger partial charge in [-0.3, -0.25) is 14.2 Å². The van der Waals surface area contributed by atoms with Gasteiger partial charge in [0.1, 0.15) is 0 Å². The largest absolute Gasteiger partial charge is 0.456 e. The van der Waals surface area contributed by atoms with Crippen molar-refractivity contribution in [2.45, 2.75) is 45.3 Å². The minimum absolute atomic E-state index is 0.558. The third kappa shape index (κ3) is 3.47. The van der Waals surface area contributed by atoms with Gasteiger partial charge >= 0.3 is 17.6 Å². The lowest BCUT2D eigenvalue weighted by molar-refractivity contribution is -0.165. The molecule has 1 aromatic heterocycles. The Morgan fingerprint density at radius 3 is 2.43 bits per heavy atom. The Labute approximate surface area is 130 Å². The number of carbonyl (C=O) groups is 2. The first-order chi connectivity index (χ1) is 10.7. The average molecular weight is 329 g/mol. The first-order valence-electron chi connectivity index (χ1n) is 6.74. The van der Waals surface area contributed by atoms with Gasteiger partial charge in [-0.2, -0.15) is 4.98 Å². The van der Waals surface area contributed by atoms with Crippen molar-refractivity contribution in [3.63, 3.8) is 0 Å². The SMILES string of the molecule is CC(=O)O[C@@H]1[C@@H](OC(C)=O)[C@@H](C)O[C@H]1n1cc(F)c(N)nc1=O. The number of nitrogens with two attached hydrogens (primary N) is 1. The van der Waals surface area contributed by atoms with E-state index in [9.17, 15) is 18.8 Å². The van der Waals surface area contributed by atoms with E-state index in [0.717, 1.165) is 17.7 Å². The number of nitrogen functional groups attached to an aromatic ring is 1. The molecule has 9 nitrogen and oxygen atoms in total. The number of esters is 2. The Morgan fingerprint density at radius 1 is 1.30 bits per heavy atom. The molecule has 2 N–H and O–H groups in total.